The van der Waals surface area contributed by atoms with Crippen molar-refractivity contribution in [2.75, 3.05) is 7.11 Å². The molecule has 0 radical (unpaired) electrons. The van der Waals surface area contributed by atoms with Gasteiger partial charge in [-0.15, -0.1) is 0 Å². The molecule has 3 rings (SSSR count). The normalized spacial score (nSPS) is 10.9. The summed E-state index contributed by atoms with van der Waals surface area (Å²) >= 11 is 13.2. The van der Waals surface area contributed by atoms with E-state index < -0.39 is 0 Å². The Morgan fingerprint density at radius 2 is 2.10 bits per heavy atom. The zero-order valence-electron chi connectivity index (χ0n) is 10.3. The Hall–Kier alpha value is -1.56. The third kappa shape index (κ3) is 2.28. The van der Waals surface area contributed by atoms with Gasteiger partial charge in [-0.2, -0.15) is 0 Å². The van der Waals surface area contributed by atoms with Crippen molar-refractivity contribution in [1.29, 1.82) is 0 Å². The smallest absolute Gasteiger partial charge is 0.349 e. The van der Waals surface area contributed by atoms with E-state index in [1.807, 2.05) is 12.3 Å². The van der Waals surface area contributed by atoms with Crippen LogP contribution in [0.1, 0.15) is 9.67 Å². The molecule has 102 valence electrons. The number of imidazole rings is 1. The van der Waals surface area contributed by atoms with Crippen LogP contribution in [0.5, 0.6) is 0 Å². The Morgan fingerprint density at radius 1 is 1.30 bits per heavy atom. The molecule has 0 spiro atoms. The minimum Gasteiger partial charge on any atom is -0.465 e. The second-order valence-electron chi connectivity index (χ2n) is 4.03. The van der Waals surface area contributed by atoms with Crippen LogP contribution in [0.15, 0.2) is 30.6 Å². The van der Waals surface area contributed by atoms with Crippen LogP contribution in [-0.2, 0) is 4.74 Å². The molecule has 0 atom stereocenters. The van der Waals surface area contributed by atoms with E-state index in [4.69, 9.17) is 23.2 Å². The van der Waals surface area contributed by atoms with Gasteiger partial charge in [0.1, 0.15) is 4.88 Å². The van der Waals surface area contributed by atoms with Gasteiger partial charge >= 0.3 is 5.97 Å². The first-order valence-corrected chi connectivity index (χ1v) is 7.18. The van der Waals surface area contributed by atoms with Crippen LogP contribution in [0, 0.1) is 0 Å². The average molecular weight is 327 g/mol. The molecule has 4 nitrogen and oxygen atoms in total. The molecule has 2 heterocycles. The van der Waals surface area contributed by atoms with Crippen molar-refractivity contribution in [1.82, 2.24) is 9.38 Å². The van der Waals surface area contributed by atoms with Crippen molar-refractivity contribution in [3.8, 4) is 11.3 Å². The maximum atomic E-state index is 11.4. The average Bonchev–Trinajstić information content (AvgIpc) is 2.99. The van der Waals surface area contributed by atoms with E-state index in [9.17, 15) is 4.79 Å². The van der Waals surface area contributed by atoms with Gasteiger partial charge in [0.25, 0.3) is 0 Å². The lowest BCUT2D eigenvalue weighted by Crippen LogP contribution is -1.97. The zero-order valence-corrected chi connectivity index (χ0v) is 12.6. The predicted molar refractivity (Wildman–Crippen MR) is 79.9 cm³/mol. The molecule has 0 saturated carbocycles. The standard InChI is InChI=1S/C13H8Cl2N2O2S/c1-19-12(18)11-6-17-5-10(16-13(17)20-11)7-2-3-8(14)9(15)4-7/h2-6H,1H3. The van der Waals surface area contributed by atoms with Crippen LogP contribution in [-0.4, -0.2) is 22.5 Å². The summed E-state index contributed by atoms with van der Waals surface area (Å²) in [6.45, 7) is 0. The fourth-order valence-corrected chi connectivity index (χ4v) is 2.97. The van der Waals surface area contributed by atoms with E-state index in [-0.39, 0.29) is 5.97 Å². The Kier molecular flexibility index (Phi) is 3.41. The molecular weight excluding hydrogens is 319 g/mol. The summed E-state index contributed by atoms with van der Waals surface area (Å²) in [5, 5.41) is 0.986. The first-order valence-electron chi connectivity index (χ1n) is 5.61. The molecule has 0 bridgehead atoms. The molecule has 2 aromatic heterocycles. The zero-order chi connectivity index (χ0) is 14.3. The number of benzene rings is 1. The molecule has 0 aliphatic rings. The van der Waals surface area contributed by atoms with Crippen molar-refractivity contribution < 1.29 is 9.53 Å². The van der Waals surface area contributed by atoms with Crippen molar-refractivity contribution in [2.24, 2.45) is 0 Å². The van der Waals surface area contributed by atoms with Gasteiger partial charge in [0.05, 0.1) is 22.8 Å². The molecule has 0 N–H and O–H groups in total. The highest BCUT2D eigenvalue weighted by molar-refractivity contribution is 7.18. The SMILES string of the molecule is COC(=O)c1cn2cc(-c3ccc(Cl)c(Cl)c3)nc2s1. The first-order chi connectivity index (χ1) is 9.58. The molecule has 0 unspecified atom stereocenters. The van der Waals surface area contributed by atoms with Gasteiger partial charge in [-0.25, -0.2) is 9.78 Å². The van der Waals surface area contributed by atoms with E-state index in [1.165, 1.54) is 18.4 Å². The number of hydrogen-bond donors (Lipinski definition) is 0. The number of carbonyl (C=O) groups is 1. The van der Waals surface area contributed by atoms with Crippen LogP contribution in [0.4, 0.5) is 0 Å². The fourth-order valence-electron chi connectivity index (χ4n) is 1.79. The van der Waals surface area contributed by atoms with Crippen LogP contribution in [0.2, 0.25) is 10.0 Å². The fraction of sp³-hybridized carbons (Fsp3) is 0.0769. The summed E-state index contributed by atoms with van der Waals surface area (Å²) in [6.07, 6.45) is 3.53. The van der Waals surface area contributed by atoms with Gasteiger partial charge in [-0.3, -0.25) is 4.40 Å². The second-order valence-corrected chi connectivity index (χ2v) is 5.86. The van der Waals surface area contributed by atoms with Gasteiger partial charge in [-0.1, -0.05) is 40.6 Å². The highest BCUT2D eigenvalue weighted by atomic mass is 35.5. The number of nitrogens with zero attached hydrogens (tertiary/aromatic N) is 2. The Bertz CT molecular complexity index is 778. The number of hydrogen-bond acceptors (Lipinski definition) is 4. The van der Waals surface area contributed by atoms with Crippen molar-refractivity contribution in [3.05, 3.63) is 45.5 Å². The third-order valence-electron chi connectivity index (χ3n) is 2.76. The summed E-state index contributed by atoms with van der Waals surface area (Å²) in [7, 11) is 1.35. The highest BCUT2D eigenvalue weighted by Crippen LogP contribution is 2.29. The highest BCUT2D eigenvalue weighted by Gasteiger charge is 2.13. The summed E-state index contributed by atoms with van der Waals surface area (Å²) in [5.41, 5.74) is 1.64. The van der Waals surface area contributed by atoms with E-state index in [2.05, 4.69) is 9.72 Å². The summed E-state index contributed by atoms with van der Waals surface area (Å²) in [6, 6.07) is 5.34. The molecule has 0 aliphatic heterocycles. The maximum absolute atomic E-state index is 11.4. The lowest BCUT2D eigenvalue weighted by atomic mass is 10.2. The third-order valence-corrected chi connectivity index (χ3v) is 4.47. The second kappa shape index (κ2) is 5.09. The summed E-state index contributed by atoms with van der Waals surface area (Å²) in [5.74, 6) is -0.364. The van der Waals surface area contributed by atoms with Gasteiger partial charge in [0.15, 0.2) is 4.96 Å². The number of rotatable bonds is 2. The number of halogens is 2. The number of thiazole rings is 1. The number of methoxy groups -OCH3 is 1. The number of fused-ring (bicyclic) bond motifs is 1. The van der Waals surface area contributed by atoms with Gasteiger partial charge in [-0.05, 0) is 12.1 Å². The van der Waals surface area contributed by atoms with Crippen molar-refractivity contribution in [2.45, 2.75) is 0 Å². The number of carbonyl (C=O) groups excluding carboxylic acids is 1. The molecule has 1 aromatic carbocycles. The van der Waals surface area contributed by atoms with Gasteiger partial charge in [0, 0.05) is 18.0 Å². The van der Waals surface area contributed by atoms with Gasteiger partial charge in [0.2, 0.25) is 0 Å². The lowest BCUT2D eigenvalue weighted by molar-refractivity contribution is 0.0606. The monoisotopic (exact) mass is 326 g/mol. The molecule has 0 fully saturated rings. The molecule has 0 aliphatic carbocycles. The van der Waals surface area contributed by atoms with Crippen LogP contribution in [0.25, 0.3) is 16.2 Å². The summed E-state index contributed by atoms with van der Waals surface area (Å²) in [4.78, 5) is 17.1. The summed E-state index contributed by atoms with van der Waals surface area (Å²) < 4.78 is 6.46. The molecular formula is C13H8Cl2N2O2S. The van der Waals surface area contributed by atoms with E-state index in [0.29, 0.717) is 19.9 Å². The van der Waals surface area contributed by atoms with Crippen LogP contribution in [0.3, 0.4) is 0 Å². The van der Waals surface area contributed by atoms with Crippen molar-refractivity contribution >= 4 is 45.5 Å². The number of esters is 1. The predicted octanol–water partition coefficient (Wildman–Crippen LogP) is 4.16. The minimum atomic E-state index is -0.364. The molecule has 7 heteroatoms. The van der Waals surface area contributed by atoms with Crippen molar-refractivity contribution in [3.63, 3.8) is 0 Å². The molecule has 0 amide bonds. The lowest BCUT2D eigenvalue weighted by Gasteiger charge is -1.99. The van der Waals surface area contributed by atoms with E-state index in [1.54, 1.807) is 22.7 Å². The minimum absolute atomic E-state index is 0.364. The van der Waals surface area contributed by atoms with E-state index >= 15 is 0 Å². The van der Waals surface area contributed by atoms with E-state index in [0.717, 1.165) is 11.3 Å². The number of aromatic nitrogens is 2. The van der Waals surface area contributed by atoms with Gasteiger partial charge < -0.3 is 4.74 Å². The maximum Gasteiger partial charge on any atom is 0.349 e. The van der Waals surface area contributed by atoms with Crippen LogP contribution >= 0.6 is 34.5 Å². The quantitative estimate of drug-likeness (QED) is 0.664. The van der Waals surface area contributed by atoms with Crippen LogP contribution < -0.4 is 0 Å². The molecule has 3 aromatic rings. The number of ether oxygens (including phenoxy) is 1. The molecule has 0 saturated heterocycles. The Balaban J connectivity index is 2.03. The topological polar surface area (TPSA) is 43.6 Å². The largest absolute Gasteiger partial charge is 0.465 e. The Morgan fingerprint density at radius 3 is 2.75 bits per heavy atom. The molecule has 20 heavy (non-hydrogen) atoms. The Labute approximate surface area is 128 Å². The first kappa shape index (κ1) is 13.4.